The maximum atomic E-state index is 13.8. The normalized spacial score (nSPS) is 31.0. The van der Waals surface area contributed by atoms with Crippen LogP contribution >= 0.6 is 0 Å². The van der Waals surface area contributed by atoms with Gasteiger partial charge in [0.2, 0.25) is 17.5 Å². The second-order valence-corrected chi connectivity index (χ2v) is 11.0. The Balaban J connectivity index is 1.71. The van der Waals surface area contributed by atoms with Crippen LogP contribution in [-0.2, 0) is 33.4 Å². The number of methoxy groups -OCH3 is 2. The van der Waals surface area contributed by atoms with Crippen LogP contribution in [0.25, 0.3) is 0 Å². The van der Waals surface area contributed by atoms with E-state index in [1.807, 2.05) is 4.90 Å². The summed E-state index contributed by atoms with van der Waals surface area (Å²) in [5.41, 5.74) is 1.29. The Morgan fingerprint density at radius 1 is 0.976 bits per heavy atom. The molecule has 0 aromatic rings. The number of likely N-dealkylation sites (N-methyl/N-ethyl adjacent to an activating group) is 1. The highest BCUT2D eigenvalue weighted by Gasteiger charge is 2.59. The Labute approximate surface area is 236 Å². The topological polar surface area (TPSA) is 166 Å². The number of hydrogen-bond acceptors (Lipinski definition) is 11. The van der Waals surface area contributed by atoms with E-state index in [-0.39, 0.29) is 64.6 Å². The average Bonchev–Trinajstić information content (AvgIpc) is 2.93. The fraction of sp³-hybridized carbons (Fsp3) is 0.517. The van der Waals surface area contributed by atoms with Crippen molar-refractivity contribution in [1.29, 1.82) is 5.26 Å². The number of nitriles is 1. The summed E-state index contributed by atoms with van der Waals surface area (Å²) in [5.74, 6) is -2.48. The average molecular weight is 565 g/mol. The molecule has 2 bridgehead atoms. The van der Waals surface area contributed by atoms with E-state index in [1.165, 1.54) is 28.1 Å². The Morgan fingerprint density at radius 2 is 1.49 bits per heavy atom. The number of aliphatic hydroxyl groups excluding tert-OH is 1. The predicted octanol–water partition coefficient (Wildman–Crippen LogP) is -0.358. The highest BCUT2D eigenvalue weighted by molar-refractivity contribution is 6.26. The first kappa shape index (κ1) is 28.6. The quantitative estimate of drug-likeness (QED) is 0.419. The fourth-order valence-corrected chi connectivity index (χ4v) is 7.16. The van der Waals surface area contributed by atoms with Crippen molar-refractivity contribution in [3.63, 3.8) is 0 Å². The maximum Gasteiger partial charge on any atom is 0.248 e. The minimum Gasteiger partial charge on any atom is -0.492 e. The molecule has 5 rings (SSSR count). The van der Waals surface area contributed by atoms with Crippen LogP contribution in [0.3, 0.4) is 0 Å². The lowest BCUT2D eigenvalue weighted by Crippen LogP contribution is -2.74. The third kappa shape index (κ3) is 3.94. The van der Waals surface area contributed by atoms with E-state index in [2.05, 4.69) is 11.4 Å². The number of piperazine rings is 1. The van der Waals surface area contributed by atoms with Crippen molar-refractivity contribution in [3.8, 4) is 6.07 Å². The molecule has 2 N–H and O–H groups in total. The van der Waals surface area contributed by atoms with Gasteiger partial charge in [-0.25, -0.2) is 0 Å². The highest BCUT2D eigenvalue weighted by atomic mass is 16.5. The molecule has 1 fully saturated rings. The first-order chi connectivity index (χ1) is 19.4. The van der Waals surface area contributed by atoms with Gasteiger partial charge in [0.15, 0.2) is 23.1 Å². The van der Waals surface area contributed by atoms with Gasteiger partial charge in [-0.2, -0.15) is 5.26 Å². The predicted molar refractivity (Wildman–Crippen MR) is 142 cm³/mol. The molecular formula is C29H32N4O8. The molecule has 0 saturated carbocycles. The molecule has 1 unspecified atom stereocenters. The number of carbonyl (C=O) groups is 5. The number of Topliss-reactive ketones (excluding diaryl/α,β-unsaturated/α-hetero) is 4. The number of hydrogen-bond donors (Lipinski definition) is 2. The largest absolute Gasteiger partial charge is 0.492 e. The van der Waals surface area contributed by atoms with Crippen molar-refractivity contribution in [2.75, 3.05) is 27.8 Å². The van der Waals surface area contributed by atoms with Crippen molar-refractivity contribution in [3.05, 3.63) is 45.0 Å². The van der Waals surface area contributed by atoms with Gasteiger partial charge in [0.05, 0.1) is 32.4 Å². The molecule has 1 amide bonds. The molecule has 12 heteroatoms. The van der Waals surface area contributed by atoms with Gasteiger partial charge in [0, 0.05) is 52.1 Å². The lowest BCUT2D eigenvalue weighted by molar-refractivity contribution is -0.130. The van der Waals surface area contributed by atoms with E-state index in [4.69, 9.17) is 9.47 Å². The first-order valence-electron chi connectivity index (χ1n) is 13.4. The zero-order chi connectivity index (χ0) is 30.1. The van der Waals surface area contributed by atoms with Crippen LogP contribution in [0.15, 0.2) is 45.0 Å². The van der Waals surface area contributed by atoms with Gasteiger partial charge >= 0.3 is 0 Å². The Hall–Kier alpha value is -3.92. The number of nitrogens with one attached hydrogen (secondary N) is 1. The van der Waals surface area contributed by atoms with Crippen molar-refractivity contribution in [2.24, 2.45) is 0 Å². The molecule has 3 heterocycles. The van der Waals surface area contributed by atoms with Crippen LogP contribution in [-0.4, -0.2) is 108 Å². The summed E-state index contributed by atoms with van der Waals surface area (Å²) in [7, 11) is 4.41. The van der Waals surface area contributed by atoms with E-state index < -0.39 is 59.6 Å². The number of ketones is 4. The SMILES string of the molecule is COC1=C(C)C(=O)C2=C(C1=O)[C@@H]1[C@@H]3CC4=C(C(=O)C(OC)=C(C)C4=O)[C@H](CNC(=O)C(C)O)N3[C@@H](C#N)[C@H](C2)N1C. The fourth-order valence-electron chi connectivity index (χ4n) is 7.16. The van der Waals surface area contributed by atoms with Crippen molar-refractivity contribution in [1.82, 2.24) is 15.1 Å². The van der Waals surface area contributed by atoms with Crippen LogP contribution in [0, 0.1) is 11.3 Å². The van der Waals surface area contributed by atoms with Crippen LogP contribution in [0.4, 0.5) is 0 Å². The summed E-state index contributed by atoms with van der Waals surface area (Å²) in [6.07, 6.45) is -1.18. The van der Waals surface area contributed by atoms with Crippen molar-refractivity contribution < 1.29 is 38.6 Å². The molecule has 3 aliphatic heterocycles. The third-order valence-electron chi connectivity index (χ3n) is 9.06. The van der Waals surface area contributed by atoms with E-state index in [0.717, 1.165) is 0 Å². The number of rotatable bonds is 5. The Kier molecular flexibility index (Phi) is 7.09. The van der Waals surface area contributed by atoms with Gasteiger partial charge in [0.25, 0.3) is 0 Å². The van der Waals surface area contributed by atoms with E-state index >= 15 is 0 Å². The summed E-state index contributed by atoms with van der Waals surface area (Å²) in [4.78, 5) is 70.8. The zero-order valence-electron chi connectivity index (χ0n) is 23.7. The van der Waals surface area contributed by atoms with Crippen LogP contribution in [0.2, 0.25) is 0 Å². The molecule has 0 radical (unpaired) electrons. The number of allylic oxidation sites excluding steroid dienone is 4. The Bertz CT molecular complexity index is 1480. The zero-order valence-corrected chi connectivity index (χ0v) is 23.7. The van der Waals surface area contributed by atoms with E-state index in [1.54, 1.807) is 18.9 Å². The summed E-state index contributed by atoms with van der Waals surface area (Å²) >= 11 is 0. The van der Waals surface area contributed by atoms with Crippen LogP contribution in [0.1, 0.15) is 33.6 Å². The summed E-state index contributed by atoms with van der Waals surface area (Å²) in [6.45, 7) is 4.16. The molecule has 216 valence electrons. The van der Waals surface area contributed by atoms with Gasteiger partial charge in [-0.1, -0.05) is 0 Å². The smallest absolute Gasteiger partial charge is 0.248 e. The van der Waals surface area contributed by atoms with E-state index in [9.17, 15) is 34.3 Å². The summed E-state index contributed by atoms with van der Waals surface area (Å²) in [6, 6.07) is -1.38. The Morgan fingerprint density at radius 3 is 2.00 bits per heavy atom. The van der Waals surface area contributed by atoms with Crippen LogP contribution < -0.4 is 5.32 Å². The third-order valence-corrected chi connectivity index (χ3v) is 9.06. The summed E-state index contributed by atoms with van der Waals surface area (Å²) in [5, 5.41) is 22.9. The lowest BCUT2D eigenvalue weighted by Gasteiger charge is -2.60. The number of nitrogens with zero attached hydrogens (tertiary/aromatic N) is 3. The standard InChI is InChI=1S/C29H32N4O8/c1-11-23(35)14-8-17-22-21-15(24(36)12(2)28(41-6)26(21)38)7-16(32(22)4)18(9-30)33(17)19(10-31-29(39)13(3)34)20(14)25(37)27(11)40-5/h13,16-19,22,34H,7-8,10H2,1-6H3,(H,31,39)/t13?,16-,17-,18-,19-,22-/m0/s1. The second-order valence-electron chi connectivity index (χ2n) is 11.0. The molecule has 0 spiro atoms. The van der Waals surface area contributed by atoms with Crippen molar-refractivity contribution >= 4 is 29.0 Å². The number of aliphatic hydroxyl groups is 1. The molecule has 5 aliphatic rings. The number of carbonyl (C=O) groups excluding carboxylic acids is 5. The minimum atomic E-state index is -1.33. The molecule has 12 nitrogen and oxygen atoms in total. The highest BCUT2D eigenvalue weighted by Crippen LogP contribution is 2.48. The first-order valence-corrected chi connectivity index (χ1v) is 13.4. The minimum absolute atomic E-state index is 0.0261. The monoisotopic (exact) mass is 564 g/mol. The second kappa shape index (κ2) is 10.2. The number of ether oxygens (including phenoxy) is 2. The molecule has 41 heavy (non-hydrogen) atoms. The van der Waals surface area contributed by atoms with E-state index in [0.29, 0.717) is 5.57 Å². The maximum absolute atomic E-state index is 13.8. The molecule has 2 aliphatic carbocycles. The van der Waals surface area contributed by atoms with Gasteiger partial charge in [-0.05, 0) is 40.7 Å². The van der Waals surface area contributed by atoms with Gasteiger partial charge < -0.3 is 19.9 Å². The number of fused-ring (bicyclic) bond motifs is 5. The molecule has 0 aromatic carbocycles. The lowest BCUT2D eigenvalue weighted by atomic mass is 9.67. The van der Waals surface area contributed by atoms with Gasteiger partial charge in [-0.15, -0.1) is 0 Å². The molecule has 1 saturated heterocycles. The molecule has 6 atom stereocenters. The van der Waals surface area contributed by atoms with Gasteiger partial charge in [0.1, 0.15) is 12.1 Å². The van der Waals surface area contributed by atoms with Gasteiger partial charge in [-0.3, -0.25) is 33.8 Å². The molecular weight excluding hydrogens is 532 g/mol. The molecule has 0 aromatic heterocycles. The van der Waals surface area contributed by atoms with Crippen LogP contribution in [0.5, 0.6) is 0 Å². The summed E-state index contributed by atoms with van der Waals surface area (Å²) < 4.78 is 10.6. The van der Waals surface area contributed by atoms with Crippen molar-refractivity contribution in [2.45, 2.75) is 69.9 Å². The number of amides is 1.